The van der Waals surface area contributed by atoms with Crippen LogP contribution in [-0.4, -0.2) is 33.6 Å². The van der Waals surface area contributed by atoms with Crippen molar-refractivity contribution < 1.29 is 14.8 Å². The van der Waals surface area contributed by atoms with Gasteiger partial charge in [0.05, 0.1) is 16.9 Å². The van der Waals surface area contributed by atoms with E-state index in [1.54, 1.807) is 6.92 Å². The first kappa shape index (κ1) is 14.2. The van der Waals surface area contributed by atoms with E-state index in [1.165, 1.54) is 12.3 Å². The molecule has 1 aliphatic rings. The van der Waals surface area contributed by atoms with Crippen molar-refractivity contribution in [2.75, 3.05) is 11.4 Å². The van der Waals surface area contributed by atoms with Gasteiger partial charge in [-0.15, -0.1) is 0 Å². The van der Waals surface area contributed by atoms with E-state index in [0.717, 1.165) is 0 Å². The van der Waals surface area contributed by atoms with Gasteiger partial charge in [-0.1, -0.05) is 0 Å². The molecule has 1 N–H and O–H groups in total. The van der Waals surface area contributed by atoms with E-state index < -0.39 is 10.9 Å². The summed E-state index contributed by atoms with van der Waals surface area (Å²) in [6.07, 6.45) is 2.55. The fourth-order valence-electron chi connectivity index (χ4n) is 2.59. The number of nitrogens with zero attached hydrogens (tertiary/aromatic N) is 3. The summed E-state index contributed by atoms with van der Waals surface area (Å²) in [5, 5.41) is 20.0. The van der Waals surface area contributed by atoms with Crippen LogP contribution in [0.5, 0.6) is 0 Å². The number of hydrogen-bond acceptors (Lipinski definition) is 5. The third-order valence-corrected chi connectivity index (χ3v) is 3.78. The molecule has 1 aromatic heterocycles. The van der Waals surface area contributed by atoms with Gasteiger partial charge in [0.25, 0.3) is 5.69 Å². The number of carboxylic acid groups (broad SMARTS) is 1. The summed E-state index contributed by atoms with van der Waals surface area (Å²) in [6, 6.07) is 1.46. The van der Waals surface area contributed by atoms with E-state index in [2.05, 4.69) is 4.98 Å². The van der Waals surface area contributed by atoms with E-state index in [0.29, 0.717) is 30.8 Å². The first-order valence-corrected chi connectivity index (χ1v) is 6.50. The average Bonchev–Trinajstić information content (AvgIpc) is 2.39. The first-order valence-electron chi connectivity index (χ1n) is 6.50. The zero-order valence-corrected chi connectivity index (χ0v) is 11.4. The Balaban J connectivity index is 2.22. The maximum absolute atomic E-state index is 11.0. The molecule has 1 aliphatic heterocycles. The van der Waals surface area contributed by atoms with Crippen LogP contribution in [0.3, 0.4) is 0 Å². The Kier molecular flexibility index (Phi) is 3.87. The van der Waals surface area contributed by atoms with Gasteiger partial charge in [0.1, 0.15) is 5.82 Å². The highest BCUT2D eigenvalue weighted by molar-refractivity contribution is 5.70. The molecule has 0 aromatic carbocycles. The van der Waals surface area contributed by atoms with Crippen LogP contribution in [-0.2, 0) is 4.79 Å². The second-order valence-electron chi connectivity index (χ2n) is 5.19. The number of carboxylic acids is 1. The minimum absolute atomic E-state index is 0.000315. The summed E-state index contributed by atoms with van der Waals surface area (Å²) >= 11 is 0. The zero-order valence-electron chi connectivity index (χ0n) is 11.4. The fourth-order valence-corrected chi connectivity index (χ4v) is 2.59. The smallest absolute Gasteiger partial charge is 0.306 e. The largest absolute Gasteiger partial charge is 0.481 e. The Morgan fingerprint density at radius 1 is 1.60 bits per heavy atom. The number of hydrogen-bond donors (Lipinski definition) is 1. The monoisotopic (exact) mass is 279 g/mol. The summed E-state index contributed by atoms with van der Waals surface area (Å²) in [6.45, 7) is 4.11. The molecular formula is C13H17N3O4. The van der Waals surface area contributed by atoms with Crippen molar-refractivity contribution in [2.45, 2.75) is 32.7 Å². The first-order chi connectivity index (χ1) is 9.40. The van der Waals surface area contributed by atoms with Gasteiger partial charge >= 0.3 is 5.97 Å². The molecule has 0 spiro atoms. The van der Waals surface area contributed by atoms with E-state index in [1.807, 2.05) is 11.8 Å². The fraction of sp³-hybridized carbons (Fsp3) is 0.538. The number of piperidine rings is 1. The van der Waals surface area contributed by atoms with Crippen molar-refractivity contribution in [1.82, 2.24) is 4.98 Å². The summed E-state index contributed by atoms with van der Waals surface area (Å²) in [7, 11) is 0. The van der Waals surface area contributed by atoms with Gasteiger partial charge in [0, 0.05) is 24.3 Å². The number of carbonyl (C=O) groups is 1. The van der Waals surface area contributed by atoms with Crippen molar-refractivity contribution in [3.05, 3.63) is 27.9 Å². The quantitative estimate of drug-likeness (QED) is 0.671. The van der Waals surface area contributed by atoms with Crippen LogP contribution in [0.25, 0.3) is 0 Å². The normalized spacial score (nSPS) is 22.6. The lowest BCUT2D eigenvalue weighted by molar-refractivity contribution is -0.385. The maximum atomic E-state index is 11.0. The molecule has 2 atom stereocenters. The molecule has 0 saturated carbocycles. The Hall–Kier alpha value is -2.18. The summed E-state index contributed by atoms with van der Waals surface area (Å²) < 4.78 is 0. The molecule has 2 unspecified atom stereocenters. The van der Waals surface area contributed by atoms with Gasteiger partial charge in [-0.05, 0) is 26.7 Å². The Morgan fingerprint density at radius 2 is 2.30 bits per heavy atom. The Bertz CT molecular complexity index is 546. The number of aliphatic carboxylic acids is 1. The number of pyridine rings is 1. The van der Waals surface area contributed by atoms with Crippen molar-refractivity contribution in [3.63, 3.8) is 0 Å². The second kappa shape index (κ2) is 5.44. The Morgan fingerprint density at radius 3 is 2.85 bits per heavy atom. The molecule has 0 aliphatic carbocycles. The Labute approximate surface area is 116 Å². The van der Waals surface area contributed by atoms with Crippen LogP contribution in [0.1, 0.15) is 25.3 Å². The molecule has 1 saturated heterocycles. The SMILES string of the molecule is Cc1cnc(N2CCC(C(=O)O)CC2C)cc1[N+](=O)[O-]. The van der Waals surface area contributed by atoms with Crippen molar-refractivity contribution >= 4 is 17.5 Å². The number of anilines is 1. The van der Waals surface area contributed by atoms with E-state index in [9.17, 15) is 14.9 Å². The summed E-state index contributed by atoms with van der Waals surface area (Å²) in [4.78, 5) is 27.7. The zero-order chi connectivity index (χ0) is 14.9. The second-order valence-corrected chi connectivity index (χ2v) is 5.19. The van der Waals surface area contributed by atoms with Crippen LogP contribution in [0.4, 0.5) is 11.5 Å². The molecule has 7 heteroatoms. The molecule has 1 fully saturated rings. The molecule has 0 bridgehead atoms. The van der Waals surface area contributed by atoms with E-state index in [-0.39, 0.29) is 17.6 Å². The van der Waals surface area contributed by atoms with Gasteiger partial charge in [-0.2, -0.15) is 0 Å². The highest BCUT2D eigenvalue weighted by Crippen LogP contribution is 2.29. The van der Waals surface area contributed by atoms with Gasteiger partial charge in [-0.3, -0.25) is 14.9 Å². The number of aromatic nitrogens is 1. The predicted molar refractivity (Wildman–Crippen MR) is 72.8 cm³/mol. The van der Waals surface area contributed by atoms with Crippen molar-refractivity contribution in [3.8, 4) is 0 Å². The summed E-state index contributed by atoms with van der Waals surface area (Å²) in [5.74, 6) is -0.584. The molecule has 108 valence electrons. The van der Waals surface area contributed by atoms with Gasteiger partial charge in [0.15, 0.2) is 0 Å². The lowest BCUT2D eigenvalue weighted by Crippen LogP contribution is -2.43. The molecule has 2 heterocycles. The highest BCUT2D eigenvalue weighted by Gasteiger charge is 2.31. The third kappa shape index (κ3) is 2.71. The minimum Gasteiger partial charge on any atom is -0.481 e. The third-order valence-electron chi connectivity index (χ3n) is 3.78. The van der Waals surface area contributed by atoms with Crippen LogP contribution in [0, 0.1) is 23.0 Å². The van der Waals surface area contributed by atoms with Crippen LogP contribution >= 0.6 is 0 Å². The molecule has 7 nitrogen and oxygen atoms in total. The van der Waals surface area contributed by atoms with Crippen LogP contribution < -0.4 is 4.90 Å². The van der Waals surface area contributed by atoms with E-state index >= 15 is 0 Å². The molecule has 0 amide bonds. The lowest BCUT2D eigenvalue weighted by Gasteiger charge is -2.37. The highest BCUT2D eigenvalue weighted by atomic mass is 16.6. The topological polar surface area (TPSA) is 96.6 Å². The number of aryl methyl sites for hydroxylation is 1. The van der Waals surface area contributed by atoms with Crippen LogP contribution in [0.15, 0.2) is 12.3 Å². The van der Waals surface area contributed by atoms with Crippen LogP contribution in [0.2, 0.25) is 0 Å². The average molecular weight is 279 g/mol. The van der Waals surface area contributed by atoms with Crippen molar-refractivity contribution in [1.29, 1.82) is 0 Å². The summed E-state index contributed by atoms with van der Waals surface area (Å²) in [5.41, 5.74) is 0.564. The van der Waals surface area contributed by atoms with Crippen molar-refractivity contribution in [2.24, 2.45) is 5.92 Å². The molecule has 20 heavy (non-hydrogen) atoms. The molecule has 2 rings (SSSR count). The molecular weight excluding hydrogens is 262 g/mol. The van der Waals surface area contributed by atoms with Gasteiger partial charge in [0.2, 0.25) is 0 Å². The maximum Gasteiger partial charge on any atom is 0.306 e. The standard InChI is InChI=1S/C13H17N3O4/c1-8-7-14-12(6-11(8)16(19)20)15-4-3-10(13(17)18)5-9(15)2/h6-7,9-10H,3-5H2,1-2H3,(H,17,18). The van der Waals surface area contributed by atoms with Gasteiger partial charge in [-0.25, -0.2) is 4.98 Å². The molecule has 1 aromatic rings. The van der Waals surface area contributed by atoms with E-state index in [4.69, 9.17) is 5.11 Å². The number of rotatable bonds is 3. The molecule has 0 radical (unpaired) electrons. The number of nitro groups is 1. The lowest BCUT2D eigenvalue weighted by atomic mass is 9.92. The minimum atomic E-state index is -0.778. The van der Waals surface area contributed by atoms with Gasteiger partial charge < -0.3 is 10.0 Å². The predicted octanol–water partition coefficient (Wildman–Crippen LogP) is 1.99.